The molecule has 0 spiro atoms. The van der Waals surface area contributed by atoms with Crippen molar-refractivity contribution in [1.82, 2.24) is 5.32 Å². The summed E-state index contributed by atoms with van der Waals surface area (Å²) in [5.74, 6) is 0.203. The smallest absolute Gasteiger partial charge is 0.228 e. The highest BCUT2D eigenvalue weighted by Crippen LogP contribution is 2.72. The normalized spacial score (nSPS) is 40.6. The Morgan fingerprint density at radius 1 is 1.26 bits per heavy atom. The van der Waals surface area contributed by atoms with E-state index >= 15 is 0 Å². The number of carbonyl (C=O) groups is 2. The quantitative estimate of drug-likeness (QED) is 0.751. The van der Waals surface area contributed by atoms with Crippen molar-refractivity contribution in [3.63, 3.8) is 0 Å². The van der Waals surface area contributed by atoms with Crippen molar-refractivity contribution in [2.45, 2.75) is 64.8 Å². The van der Waals surface area contributed by atoms with Crippen LogP contribution < -0.4 is 5.32 Å². The second-order valence-corrected chi connectivity index (χ2v) is 8.78. The first-order valence-electron chi connectivity index (χ1n) is 6.91. The molecule has 0 aromatic carbocycles. The number of alkyl halides is 1. The lowest BCUT2D eigenvalue weighted by Gasteiger charge is -2.41. The maximum Gasteiger partial charge on any atom is 0.228 e. The Bertz CT molecular complexity index is 452. The minimum atomic E-state index is -0.619. The highest BCUT2D eigenvalue weighted by Gasteiger charge is 2.76. The summed E-state index contributed by atoms with van der Waals surface area (Å²) in [5.41, 5.74) is -1.61. The first-order valence-corrected chi connectivity index (χ1v) is 7.83. The number of nitrogens with one attached hydrogen (secondary N) is 1. The van der Waals surface area contributed by atoms with Gasteiger partial charge in [0, 0.05) is 11.0 Å². The summed E-state index contributed by atoms with van der Waals surface area (Å²) < 4.78 is 0. The molecule has 2 saturated carbocycles. The highest BCUT2D eigenvalue weighted by atomic mass is 79.9. The van der Waals surface area contributed by atoms with E-state index in [1.165, 1.54) is 0 Å². The van der Waals surface area contributed by atoms with Gasteiger partial charge in [0.25, 0.3) is 0 Å². The van der Waals surface area contributed by atoms with Crippen molar-refractivity contribution < 1.29 is 9.59 Å². The molecule has 0 saturated heterocycles. The summed E-state index contributed by atoms with van der Waals surface area (Å²) in [6, 6.07) is 0. The van der Waals surface area contributed by atoms with E-state index < -0.39 is 10.8 Å². The Hall–Kier alpha value is -0.380. The average Bonchev–Trinajstić information content (AvgIpc) is 2.49. The van der Waals surface area contributed by atoms with Gasteiger partial charge in [-0.2, -0.15) is 0 Å². The molecular weight excluding hydrogens is 306 g/mol. The minimum absolute atomic E-state index is 0.0152. The van der Waals surface area contributed by atoms with Gasteiger partial charge in [-0.3, -0.25) is 9.59 Å². The molecule has 2 bridgehead atoms. The van der Waals surface area contributed by atoms with E-state index in [0.29, 0.717) is 0 Å². The lowest BCUT2D eigenvalue weighted by Crippen LogP contribution is -2.55. The molecule has 0 aromatic rings. The third-order valence-corrected chi connectivity index (χ3v) is 6.81. The number of fused-ring (bicyclic) bond motifs is 2. The number of ketones is 1. The fourth-order valence-electron chi connectivity index (χ4n) is 3.91. The summed E-state index contributed by atoms with van der Waals surface area (Å²) >= 11 is 3.53. The van der Waals surface area contributed by atoms with E-state index in [0.717, 1.165) is 12.8 Å². The molecule has 2 aliphatic rings. The lowest BCUT2D eigenvalue weighted by molar-refractivity contribution is -0.137. The molecule has 108 valence electrons. The zero-order chi connectivity index (χ0) is 14.9. The van der Waals surface area contributed by atoms with E-state index in [1.807, 2.05) is 27.7 Å². The third-order valence-electron chi connectivity index (χ3n) is 5.61. The van der Waals surface area contributed by atoms with Gasteiger partial charge in [0.15, 0.2) is 5.78 Å². The van der Waals surface area contributed by atoms with Crippen molar-refractivity contribution in [3.05, 3.63) is 0 Å². The molecule has 2 rings (SSSR count). The van der Waals surface area contributed by atoms with Crippen LogP contribution in [-0.4, -0.2) is 22.1 Å². The molecule has 2 fully saturated rings. The summed E-state index contributed by atoms with van der Waals surface area (Å²) in [6.45, 7) is 12.1. The van der Waals surface area contributed by atoms with Gasteiger partial charge in [-0.1, -0.05) is 36.7 Å². The number of hydrogen-bond donors (Lipinski definition) is 1. The molecule has 2 aliphatic carbocycles. The van der Waals surface area contributed by atoms with Gasteiger partial charge in [-0.05, 0) is 39.0 Å². The zero-order valence-corrected chi connectivity index (χ0v) is 14.3. The van der Waals surface area contributed by atoms with Crippen molar-refractivity contribution in [1.29, 1.82) is 0 Å². The SMILES string of the molecule is CC(C)(C)NC(=O)C12CCC(C)(C(=O)C1Br)C2(C)C. The van der Waals surface area contributed by atoms with Gasteiger partial charge in [0.1, 0.15) is 0 Å². The largest absolute Gasteiger partial charge is 0.351 e. The van der Waals surface area contributed by atoms with Crippen LogP contribution >= 0.6 is 15.9 Å². The molecule has 0 aromatic heterocycles. The van der Waals surface area contributed by atoms with Crippen molar-refractivity contribution >= 4 is 27.6 Å². The van der Waals surface area contributed by atoms with Gasteiger partial charge in [0.05, 0.1) is 10.2 Å². The number of hydrogen-bond acceptors (Lipinski definition) is 2. The molecule has 1 amide bonds. The van der Waals surface area contributed by atoms with Gasteiger partial charge >= 0.3 is 0 Å². The minimum Gasteiger partial charge on any atom is -0.351 e. The standard InChI is InChI=1S/C15H24BrNO2/c1-12(2,3)17-11(19)15-8-7-14(6,13(15,4)5)10(18)9(15)16/h9H,7-8H2,1-6H3,(H,17,19). The van der Waals surface area contributed by atoms with E-state index in [4.69, 9.17) is 0 Å². The van der Waals surface area contributed by atoms with E-state index in [2.05, 4.69) is 35.1 Å². The van der Waals surface area contributed by atoms with Crippen LogP contribution in [0.1, 0.15) is 54.4 Å². The fourth-order valence-corrected chi connectivity index (χ4v) is 5.42. The third kappa shape index (κ3) is 1.61. The summed E-state index contributed by atoms with van der Waals surface area (Å²) in [4.78, 5) is 25.0. The number of amides is 1. The van der Waals surface area contributed by atoms with Crippen LogP contribution in [0.2, 0.25) is 0 Å². The Morgan fingerprint density at radius 3 is 2.16 bits per heavy atom. The van der Waals surface area contributed by atoms with Crippen LogP contribution in [-0.2, 0) is 9.59 Å². The molecule has 19 heavy (non-hydrogen) atoms. The molecule has 0 radical (unpaired) electrons. The van der Waals surface area contributed by atoms with Gasteiger partial charge in [-0.25, -0.2) is 0 Å². The van der Waals surface area contributed by atoms with Gasteiger partial charge in [-0.15, -0.1) is 0 Å². The topological polar surface area (TPSA) is 46.2 Å². The molecule has 4 heteroatoms. The van der Waals surface area contributed by atoms with Crippen LogP contribution in [0.3, 0.4) is 0 Å². The molecule has 3 atom stereocenters. The molecule has 3 unspecified atom stereocenters. The van der Waals surface area contributed by atoms with Crippen molar-refractivity contribution in [3.8, 4) is 0 Å². The van der Waals surface area contributed by atoms with Crippen LogP contribution in [0.5, 0.6) is 0 Å². The maximum absolute atomic E-state index is 12.9. The number of Topliss-reactive ketones (excluding diaryl/α,β-unsaturated/α-hetero) is 1. The predicted molar refractivity (Wildman–Crippen MR) is 79.2 cm³/mol. The molecular formula is C15H24BrNO2. The Balaban J connectivity index is 2.48. The van der Waals surface area contributed by atoms with E-state index in [9.17, 15) is 9.59 Å². The second-order valence-electron chi connectivity index (χ2n) is 7.86. The second kappa shape index (κ2) is 3.84. The van der Waals surface area contributed by atoms with Crippen LogP contribution in [0, 0.1) is 16.2 Å². The monoisotopic (exact) mass is 329 g/mol. The number of carbonyl (C=O) groups excluding carboxylic acids is 2. The van der Waals surface area contributed by atoms with Crippen LogP contribution in [0.25, 0.3) is 0 Å². The van der Waals surface area contributed by atoms with Gasteiger partial charge < -0.3 is 5.32 Å². The fraction of sp³-hybridized carbons (Fsp3) is 0.867. The molecule has 1 N–H and O–H groups in total. The number of rotatable bonds is 1. The van der Waals surface area contributed by atoms with Crippen molar-refractivity contribution in [2.75, 3.05) is 0 Å². The summed E-state index contributed by atoms with van der Waals surface area (Å²) in [6.07, 6.45) is 1.58. The Labute approximate surface area is 124 Å². The van der Waals surface area contributed by atoms with E-state index in [1.54, 1.807) is 0 Å². The zero-order valence-electron chi connectivity index (χ0n) is 12.7. The Morgan fingerprint density at radius 2 is 1.79 bits per heavy atom. The maximum atomic E-state index is 12.9. The summed E-state index contributed by atoms with van der Waals surface area (Å²) in [7, 11) is 0. The predicted octanol–water partition coefficient (Wildman–Crippen LogP) is 3.06. The Kier molecular flexibility index (Phi) is 3.03. The van der Waals surface area contributed by atoms with Crippen LogP contribution in [0.15, 0.2) is 0 Å². The van der Waals surface area contributed by atoms with Gasteiger partial charge in [0.2, 0.25) is 5.91 Å². The molecule has 3 nitrogen and oxygen atoms in total. The average molecular weight is 330 g/mol. The van der Waals surface area contributed by atoms with Crippen molar-refractivity contribution in [2.24, 2.45) is 16.2 Å². The van der Waals surface area contributed by atoms with E-state index in [-0.39, 0.29) is 27.5 Å². The first kappa shape index (κ1) is 15.0. The molecule has 0 aliphatic heterocycles. The lowest BCUT2D eigenvalue weighted by atomic mass is 9.64. The highest BCUT2D eigenvalue weighted by molar-refractivity contribution is 9.10. The number of halogens is 1. The molecule has 0 heterocycles. The van der Waals surface area contributed by atoms with Crippen LogP contribution in [0.4, 0.5) is 0 Å². The summed E-state index contributed by atoms with van der Waals surface area (Å²) in [5, 5.41) is 3.08. The first-order chi connectivity index (χ1) is 8.40.